The Kier molecular flexibility index (Phi) is 6.92. The van der Waals surface area contributed by atoms with Gasteiger partial charge in [0.2, 0.25) is 5.88 Å². The lowest BCUT2D eigenvalue weighted by Crippen LogP contribution is -2.41. The summed E-state index contributed by atoms with van der Waals surface area (Å²) < 4.78 is 38.8. The Morgan fingerprint density at radius 2 is 1.68 bits per heavy atom. The minimum Gasteiger partial charge on any atom is -0.445 e. The fourth-order valence-electron chi connectivity index (χ4n) is 4.61. The van der Waals surface area contributed by atoms with E-state index >= 15 is 0 Å². The van der Waals surface area contributed by atoms with Gasteiger partial charge in [0.15, 0.2) is 0 Å². The molecule has 3 aromatic carbocycles. The van der Waals surface area contributed by atoms with Crippen LogP contribution in [0.4, 0.5) is 13.6 Å². The van der Waals surface area contributed by atoms with Crippen LogP contribution in [0.2, 0.25) is 0 Å². The quantitative estimate of drug-likeness (QED) is 0.481. The zero-order valence-electron chi connectivity index (χ0n) is 20.2. The molecule has 8 heteroatoms. The lowest BCUT2D eigenvalue weighted by atomic mass is 9.80. The highest BCUT2D eigenvalue weighted by Gasteiger charge is 2.39. The number of carbonyl (C=O) groups excluding carboxylic acids is 1. The lowest BCUT2D eigenvalue weighted by Gasteiger charge is -2.37. The number of benzene rings is 3. The molecule has 0 aliphatic carbocycles. The Balaban J connectivity index is 1.55. The number of allylic oxidation sites excluding steroid dienone is 1. The Hall–Kier alpha value is -4.90. The smallest absolute Gasteiger partial charge is 0.410 e. The summed E-state index contributed by atoms with van der Waals surface area (Å²) in [6.07, 6.45) is 1.22. The summed E-state index contributed by atoms with van der Waals surface area (Å²) in [6, 6.07) is 23.1. The molecule has 0 unspecified atom stereocenters. The molecule has 1 atom stereocenters. The molecule has 2 heterocycles. The van der Waals surface area contributed by atoms with Crippen molar-refractivity contribution in [1.29, 1.82) is 5.26 Å². The minimum absolute atomic E-state index is 0.0642. The Morgan fingerprint density at radius 1 is 1.03 bits per heavy atom. The van der Waals surface area contributed by atoms with Gasteiger partial charge in [-0.15, -0.1) is 0 Å². The van der Waals surface area contributed by atoms with Gasteiger partial charge in [-0.2, -0.15) is 5.26 Å². The molecular weight excluding hydrogens is 488 g/mol. The lowest BCUT2D eigenvalue weighted by molar-refractivity contribution is 0.0983. The van der Waals surface area contributed by atoms with Crippen LogP contribution >= 0.6 is 0 Å². The van der Waals surface area contributed by atoms with Crippen molar-refractivity contribution < 1.29 is 23.0 Å². The van der Waals surface area contributed by atoms with Crippen molar-refractivity contribution in [1.82, 2.24) is 4.90 Å². The molecule has 0 fully saturated rings. The van der Waals surface area contributed by atoms with E-state index < -0.39 is 17.8 Å². The first kappa shape index (κ1) is 24.8. The van der Waals surface area contributed by atoms with E-state index in [1.807, 2.05) is 30.3 Å². The van der Waals surface area contributed by atoms with Crippen molar-refractivity contribution in [2.45, 2.75) is 12.5 Å². The molecule has 3 aromatic rings. The van der Waals surface area contributed by atoms with E-state index in [0.29, 0.717) is 28.0 Å². The van der Waals surface area contributed by atoms with E-state index in [4.69, 9.17) is 15.2 Å². The van der Waals surface area contributed by atoms with E-state index in [2.05, 4.69) is 6.07 Å². The first-order valence-corrected chi connectivity index (χ1v) is 11.9. The standard InChI is InChI=1S/C30H23F2N3O3/c31-23-10-6-19(7-11-23)14-22-16-35(30(36)37-18-20-4-2-1-3-5-20)17-26-27(21-8-12-24(32)13-9-21)25(15-33)29(34)38-28(22)26/h1-14,27H,16-18,34H2/b22-14+/t27-/m0/s1. The number of rotatable bonds is 4. The number of hydrogen-bond acceptors (Lipinski definition) is 5. The zero-order valence-corrected chi connectivity index (χ0v) is 20.2. The third-order valence-electron chi connectivity index (χ3n) is 6.42. The molecule has 2 N–H and O–H groups in total. The third kappa shape index (κ3) is 5.13. The summed E-state index contributed by atoms with van der Waals surface area (Å²) in [4.78, 5) is 14.7. The predicted octanol–water partition coefficient (Wildman–Crippen LogP) is 5.76. The van der Waals surface area contributed by atoms with Crippen LogP contribution in [0, 0.1) is 23.0 Å². The SMILES string of the molecule is N#CC1=C(N)OC2=C(CN(C(=O)OCc3ccccc3)C/C2=C\c2ccc(F)cc2)[C@H]1c1ccc(F)cc1. The van der Waals surface area contributed by atoms with E-state index in [0.717, 1.165) is 5.56 Å². The normalized spacial score (nSPS) is 18.1. The van der Waals surface area contributed by atoms with E-state index in [1.54, 1.807) is 30.3 Å². The second-order valence-electron chi connectivity index (χ2n) is 8.95. The fourth-order valence-corrected chi connectivity index (χ4v) is 4.61. The van der Waals surface area contributed by atoms with Crippen LogP contribution < -0.4 is 5.73 Å². The number of nitrogens with two attached hydrogens (primary N) is 1. The second kappa shape index (κ2) is 10.6. The van der Waals surface area contributed by atoms with Crippen molar-refractivity contribution in [3.8, 4) is 6.07 Å². The summed E-state index contributed by atoms with van der Waals surface area (Å²) in [5.41, 5.74) is 9.70. The molecule has 190 valence electrons. The average molecular weight is 512 g/mol. The van der Waals surface area contributed by atoms with Crippen LogP contribution in [-0.2, 0) is 16.1 Å². The average Bonchev–Trinajstić information content (AvgIpc) is 2.93. The van der Waals surface area contributed by atoms with Crippen LogP contribution in [0.1, 0.15) is 22.6 Å². The highest BCUT2D eigenvalue weighted by molar-refractivity contribution is 5.72. The summed E-state index contributed by atoms with van der Waals surface area (Å²) in [7, 11) is 0. The molecule has 0 saturated carbocycles. The van der Waals surface area contributed by atoms with Crippen LogP contribution in [0.15, 0.2) is 107 Å². The van der Waals surface area contributed by atoms with E-state index in [-0.39, 0.29) is 37.0 Å². The maximum Gasteiger partial charge on any atom is 0.410 e. The molecular formula is C30H23F2N3O3. The van der Waals surface area contributed by atoms with Gasteiger partial charge < -0.3 is 15.2 Å². The highest BCUT2D eigenvalue weighted by Crippen LogP contribution is 2.44. The molecule has 0 radical (unpaired) electrons. The van der Waals surface area contributed by atoms with Crippen LogP contribution in [-0.4, -0.2) is 24.1 Å². The summed E-state index contributed by atoms with van der Waals surface area (Å²) in [6.45, 7) is 0.326. The van der Waals surface area contributed by atoms with Crippen molar-refractivity contribution in [3.63, 3.8) is 0 Å². The van der Waals surface area contributed by atoms with Gasteiger partial charge in [-0.3, -0.25) is 4.90 Å². The summed E-state index contributed by atoms with van der Waals surface area (Å²) in [5, 5.41) is 9.93. The molecule has 2 aliphatic heterocycles. The maximum absolute atomic E-state index is 13.7. The molecule has 2 aliphatic rings. The molecule has 0 spiro atoms. The first-order valence-electron chi connectivity index (χ1n) is 11.9. The monoisotopic (exact) mass is 511 g/mol. The predicted molar refractivity (Wildman–Crippen MR) is 137 cm³/mol. The number of nitrogens with zero attached hydrogens (tertiary/aromatic N) is 2. The largest absolute Gasteiger partial charge is 0.445 e. The number of halogens is 2. The van der Waals surface area contributed by atoms with Crippen molar-refractivity contribution in [2.24, 2.45) is 5.73 Å². The Morgan fingerprint density at radius 3 is 2.34 bits per heavy atom. The number of carbonyl (C=O) groups is 1. The zero-order chi connectivity index (χ0) is 26.6. The van der Waals surface area contributed by atoms with Gasteiger partial charge in [-0.25, -0.2) is 13.6 Å². The van der Waals surface area contributed by atoms with Gasteiger partial charge in [-0.1, -0.05) is 54.6 Å². The molecule has 0 aromatic heterocycles. The highest BCUT2D eigenvalue weighted by atomic mass is 19.1. The molecule has 1 amide bonds. The van der Waals surface area contributed by atoms with Gasteiger partial charge in [-0.05, 0) is 47.0 Å². The van der Waals surface area contributed by atoms with Gasteiger partial charge in [0.05, 0.1) is 19.0 Å². The molecule has 0 bridgehead atoms. The maximum atomic E-state index is 13.7. The van der Waals surface area contributed by atoms with Crippen molar-refractivity contribution in [3.05, 3.63) is 136 Å². The fraction of sp³-hybridized carbons (Fsp3) is 0.133. The minimum atomic E-state index is -0.661. The Bertz CT molecular complexity index is 1490. The van der Waals surface area contributed by atoms with Crippen molar-refractivity contribution in [2.75, 3.05) is 13.1 Å². The first-order chi connectivity index (χ1) is 18.4. The van der Waals surface area contributed by atoms with E-state index in [9.17, 15) is 18.8 Å². The van der Waals surface area contributed by atoms with Crippen molar-refractivity contribution >= 4 is 12.2 Å². The topological polar surface area (TPSA) is 88.6 Å². The number of hydrogen-bond donors (Lipinski definition) is 1. The second-order valence-corrected chi connectivity index (χ2v) is 8.95. The van der Waals surface area contributed by atoms with Crippen LogP contribution in [0.5, 0.6) is 0 Å². The number of ether oxygens (including phenoxy) is 2. The molecule has 6 nitrogen and oxygen atoms in total. The summed E-state index contributed by atoms with van der Waals surface area (Å²) in [5.74, 6) is -1.10. The van der Waals surface area contributed by atoms with Gasteiger partial charge in [0.1, 0.15) is 35.6 Å². The van der Waals surface area contributed by atoms with E-state index in [1.165, 1.54) is 29.2 Å². The van der Waals surface area contributed by atoms with Gasteiger partial charge >= 0.3 is 6.09 Å². The molecule has 5 rings (SSSR count). The number of nitriles is 1. The van der Waals surface area contributed by atoms with Gasteiger partial charge in [0.25, 0.3) is 0 Å². The number of amides is 1. The van der Waals surface area contributed by atoms with Crippen LogP contribution in [0.3, 0.4) is 0 Å². The molecule has 0 saturated heterocycles. The van der Waals surface area contributed by atoms with Crippen LogP contribution in [0.25, 0.3) is 6.08 Å². The molecule has 38 heavy (non-hydrogen) atoms. The Labute approximate surface area is 218 Å². The van der Waals surface area contributed by atoms with Gasteiger partial charge in [0, 0.05) is 11.1 Å². The third-order valence-corrected chi connectivity index (χ3v) is 6.42. The summed E-state index contributed by atoms with van der Waals surface area (Å²) >= 11 is 0.